The number of hydrogen-bond donors (Lipinski definition) is 1. The first-order chi connectivity index (χ1) is 11.7. The van der Waals surface area contributed by atoms with E-state index in [-0.39, 0.29) is 11.9 Å². The normalized spacial score (nSPS) is 23.5. The molecule has 1 N–H and O–H groups in total. The smallest absolute Gasteiger partial charge is 0.223 e. The van der Waals surface area contributed by atoms with E-state index in [0.717, 1.165) is 56.0 Å². The fourth-order valence-electron chi connectivity index (χ4n) is 3.92. The zero-order valence-electron chi connectivity index (χ0n) is 14.7. The molecule has 0 aliphatic carbocycles. The third kappa shape index (κ3) is 3.66. The minimum atomic E-state index is 0.101. The molecule has 0 spiro atoms. The van der Waals surface area contributed by atoms with Gasteiger partial charge >= 0.3 is 0 Å². The molecule has 0 aromatic heterocycles. The van der Waals surface area contributed by atoms with E-state index in [1.165, 1.54) is 6.42 Å². The first-order valence-electron chi connectivity index (χ1n) is 8.95. The van der Waals surface area contributed by atoms with E-state index in [2.05, 4.69) is 5.32 Å². The molecule has 5 nitrogen and oxygen atoms in total. The molecule has 1 aromatic rings. The number of nitrogens with one attached hydrogen (secondary N) is 1. The molecule has 24 heavy (non-hydrogen) atoms. The van der Waals surface area contributed by atoms with Crippen molar-refractivity contribution in [1.29, 1.82) is 0 Å². The number of rotatable bonds is 6. The summed E-state index contributed by atoms with van der Waals surface area (Å²) in [7, 11) is 3.35. The van der Waals surface area contributed by atoms with E-state index < -0.39 is 0 Å². The standard InChI is InChI=1S/C19H28N2O3/c1-23-15-6-7-18(24-2)16(12-15)17-4-3-11-21(17)19(22)8-5-14-9-10-20-13-14/h6-7,12,14,17,20H,3-5,8-11,13H2,1-2H3. The van der Waals surface area contributed by atoms with Crippen molar-refractivity contribution in [2.45, 2.75) is 38.1 Å². The summed E-state index contributed by atoms with van der Waals surface area (Å²) in [5.41, 5.74) is 1.06. The van der Waals surface area contributed by atoms with Crippen LogP contribution in [0.25, 0.3) is 0 Å². The number of amides is 1. The highest BCUT2D eigenvalue weighted by molar-refractivity contribution is 5.77. The second-order valence-electron chi connectivity index (χ2n) is 6.75. The summed E-state index contributed by atoms with van der Waals surface area (Å²) >= 11 is 0. The van der Waals surface area contributed by atoms with Gasteiger partial charge in [-0.05, 0) is 62.9 Å². The Kier molecular flexibility index (Phi) is 5.61. The topological polar surface area (TPSA) is 50.8 Å². The Morgan fingerprint density at radius 1 is 1.29 bits per heavy atom. The zero-order chi connectivity index (χ0) is 16.9. The van der Waals surface area contributed by atoms with Crippen LogP contribution in [0.15, 0.2) is 18.2 Å². The third-order valence-corrected chi connectivity index (χ3v) is 5.30. The molecule has 2 fully saturated rings. The van der Waals surface area contributed by atoms with Crippen molar-refractivity contribution < 1.29 is 14.3 Å². The Morgan fingerprint density at radius 2 is 2.17 bits per heavy atom. The fraction of sp³-hybridized carbons (Fsp3) is 0.632. The minimum absolute atomic E-state index is 0.101. The van der Waals surface area contributed by atoms with Gasteiger partial charge in [-0.15, -0.1) is 0 Å². The summed E-state index contributed by atoms with van der Waals surface area (Å²) in [5, 5.41) is 3.37. The van der Waals surface area contributed by atoms with E-state index >= 15 is 0 Å². The lowest BCUT2D eigenvalue weighted by molar-refractivity contribution is -0.132. The average molecular weight is 332 g/mol. The minimum Gasteiger partial charge on any atom is -0.497 e. The lowest BCUT2D eigenvalue weighted by Crippen LogP contribution is -2.31. The van der Waals surface area contributed by atoms with E-state index in [1.54, 1.807) is 14.2 Å². The predicted octanol–water partition coefficient (Wildman–Crippen LogP) is 2.76. The Bertz CT molecular complexity index is 570. The fourth-order valence-corrected chi connectivity index (χ4v) is 3.92. The van der Waals surface area contributed by atoms with E-state index in [9.17, 15) is 4.79 Å². The monoisotopic (exact) mass is 332 g/mol. The van der Waals surface area contributed by atoms with Gasteiger partial charge in [-0.3, -0.25) is 4.79 Å². The van der Waals surface area contributed by atoms with Crippen LogP contribution >= 0.6 is 0 Å². The lowest BCUT2D eigenvalue weighted by atomic mass is 10.0. The van der Waals surface area contributed by atoms with Crippen LogP contribution in [-0.2, 0) is 4.79 Å². The van der Waals surface area contributed by atoms with Gasteiger partial charge in [0.05, 0.1) is 20.3 Å². The summed E-state index contributed by atoms with van der Waals surface area (Å²) in [4.78, 5) is 14.8. The van der Waals surface area contributed by atoms with Gasteiger partial charge in [0.15, 0.2) is 0 Å². The first kappa shape index (κ1) is 17.1. The van der Waals surface area contributed by atoms with Gasteiger partial charge in [0.2, 0.25) is 5.91 Å². The SMILES string of the molecule is COc1ccc(OC)c(C2CCCN2C(=O)CCC2CCNC2)c1. The maximum atomic E-state index is 12.8. The molecule has 132 valence electrons. The quantitative estimate of drug-likeness (QED) is 0.870. The molecule has 2 unspecified atom stereocenters. The highest BCUT2D eigenvalue weighted by Gasteiger charge is 2.32. The van der Waals surface area contributed by atoms with Gasteiger partial charge in [0, 0.05) is 18.5 Å². The van der Waals surface area contributed by atoms with Gasteiger partial charge < -0.3 is 19.7 Å². The van der Waals surface area contributed by atoms with Crippen molar-refractivity contribution >= 4 is 5.91 Å². The Balaban J connectivity index is 1.71. The van der Waals surface area contributed by atoms with Crippen LogP contribution in [0.5, 0.6) is 11.5 Å². The largest absolute Gasteiger partial charge is 0.497 e. The van der Waals surface area contributed by atoms with Gasteiger partial charge in [-0.2, -0.15) is 0 Å². The van der Waals surface area contributed by atoms with E-state index in [1.807, 2.05) is 23.1 Å². The van der Waals surface area contributed by atoms with Crippen LogP contribution in [0, 0.1) is 5.92 Å². The molecule has 2 heterocycles. The number of methoxy groups -OCH3 is 2. The number of carbonyl (C=O) groups is 1. The van der Waals surface area contributed by atoms with Crippen molar-refractivity contribution in [3.63, 3.8) is 0 Å². The van der Waals surface area contributed by atoms with E-state index in [0.29, 0.717) is 12.3 Å². The number of ether oxygens (including phenoxy) is 2. The third-order valence-electron chi connectivity index (χ3n) is 5.30. The van der Waals surface area contributed by atoms with Gasteiger partial charge in [-0.25, -0.2) is 0 Å². The first-order valence-corrected chi connectivity index (χ1v) is 8.95. The van der Waals surface area contributed by atoms with Crippen LogP contribution < -0.4 is 14.8 Å². The molecule has 0 radical (unpaired) electrons. The number of nitrogens with zero attached hydrogens (tertiary/aromatic N) is 1. The summed E-state index contributed by atoms with van der Waals surface area (Å²) < 4.78 is 10.9. The summed E-state index contributed by atoms with van der Waals surface area (Å²) in [6, 6.07) is 5.94. The van der Waals surface area contributed by atoms with Crippen molar-refractivity contribution in [2.24, 2.45) is 5.92 Å². The van der Waals surface area contributed by atoms with Gasteiger partial charge in [-0.1, -0.05) is 0 Å². The maximum Gasteiger partial charge on any atom is 0.223 e. The van der Waals surface area contributed by atoms with E-state index in [4.69, 9.17) is 9.47 Å². The number of hydrogen-bond acceptors (Lipinski definition) is 4. The zero-order valence-corrected chi connectivity index (χ0v) is 14.7. The average Bonchev–Trinajstić information content (AvgIpc) is 3.30. The van der Waals surface area contributed by atoms with Crippen LogP contribution in [0.3, 0.4) is 0 Å². The molecule has 1 aromatic carbocycles. The molecule has 2 aliphatic heterocycles. The van der Waals surface area contributed by atoms with Crippen LogP contribution in [0.2, 0.25) is 0 Å². The van der Waals surface area contributed by atoms with Crippen molar-refractivity contribution in [2.75, 3.05) is 33.9 Å². The second kappa shape index (κ2) is 7.88. The highest BCUT2D eigenvalue weighted by atomic mass is 16.5. The molecular weight excluding hydrogens is 304 g/mol. The maximum absolute atomic E-state index is 12.8. The molecule has 0 saturated carbocycles. The molecule has 0 bridgehead atoms. The van der Waals surface area contributed by atoms with Gasteiger partial charge in [0.25, 0.3) is 0 Å². The Hall–Kier alpha value is -1.75. The summed E-state index contributed by atoms with van der Waals surface area (Å²) in [5.74, 6) is 2.57. The summed E-state index contributed by atoms with van der Waals surface area (Å²) in [6.45, 7) is 2.99. The van der Waals surface area contributed by atoms with Crippen LogP contribution in [0.4, 0.5) is 0 Å². The molecule has 2 aliphatic rings. The lowest BCUT2D eigenvalue weighted by Gasteiger charge is -2.27. The molecule has 2 saturated heterocycles. The Morgan fingerprint density at radius 3 is 2.88 bits per heavy atom. The highest BCUT2D eigenvalue weighted by Crippen LogP contribution is 2.39. The molecular formula is C19H28N2O3. The molecule has 5 heteroatoms. The second-order valence-corrected chi connectivity index (χ2v) is 6.75. The number of benzene rings is 1. The number of likely N-dealkylation sites (tertiary alicyclic amines) is 1. The van der Waals surface area contributed by atoms with Crippen molar-refractivity contribution in [1.82, 2.24) is 10.2 Å². The predicted molar refractivity (Wildman–Crippen MR) is 93.4 cm³/mol. The summed E-state index contributed by atoms with van der Waals surface area (Å²) in [6.07, 6.45) is 4.86. The van der Waals surface area contributed by atoms with Gasteiger partial charge in [0.1, 0.15) is 11.5 Å². The van der Waals surface area contributed by atoms with Crippen LogP contribution in [0.1, 0.15) is 43.7 Å². The molecule has 1 amide bonds. The Labute approximate surface area is 144 Å². The molecule has 2 atom stereocenters. The van der Waals surface area contributed by atoms with Crippen molar-refractivity contribution in [3.05, 3.63) is 23.8 Å². The van der Waals surface area contributed by atoms with Crippen LogP contribution in [-0.4, -0.2) is 44.7 Å². The van der Waals surface area contributed by atoms with Crippen molar-refractivity contribution in [3.8, 4) is 11.5 Å². The molecule has 3 rings (SSSR count). The number of carbonyl (C=O) groups excluding carboxylic acids is 1.